The Morgan fingerprint density at radius 1 is 0.800 bits per heavy atom. The molecule has 0 unspecified atom stereocenters. The highest BCUT2D eigenvalue weighted by molar-refractivity contribution is 7.80. The summed E-state index contributed by atoms with van der Waals surface area (Å²) in [6, 6.07) is 27.6. The summed E-state index contributed by atoms with van der Waals surface area (Å²) in [4.78, 5) is 13.3. The molecule has 1 N–H and O–H groups in total. The molecule has 0 aromatic heterocycles. The first-order valence-corrected chi connectivity index (χ1v) is 12.1. The summed E-state index contributed by atoms with van der Waals surface area (Å²) in [5.41, 5.74) is 2.03. The fourth-order valence-corrected chi connectivity index (χ4v) is 5.96. The smallest absolute Gasteiger partial charge is 0.251 e. The van der Waals surface area contributed by atoms with Crippen LogP contribution in [-0.2, 0) is 6.42 Å². The SMILES string of the molecule is CC(C)CNC(=O)c1cc(CC(C)C)ccc1P(c1ccccc1)c1ccccc1. The van der Waals surface area contributed by atoms with E-state index in [1.54, 1.807) is 0 Å². The van der Waals surface area contributed by atoms with Gasteiger partial charge in [0.15, 0.2) is 0 Å². The molecule has 0 aliphatic rings. The molecule has 2 nitrogen and oxygen atoms in total. The van der Waals surface area contributed by atoms with Gasteiger partial charge in [0.05, 0.1) is 0 Å². The Hall–Kier alpha value is -2.44. The van der Waals surface area contributed by atoms with Crippen LogP contribution in [0.15, 0.2) is 78.9 Å². The Morgan fingerprint density at radius 2 is 1.37 bits per heavy atom. The lowest BCUT2D eigenvalue weighted by molar-refractivity contribution is 0.0950. The Morgan fingerprint density at radius 3 is 1.87 bits per heavy atom. The summed E-state index contributed by atoms with van der Waals surface area (Å²) >= 11 is 0. The molecular weight excluding hydrogens is 385 g/mol. The zero-order valence-corrected chi connectivity index (χ0v) is 19.3. The Bertz CT molecular complexity index is 912. The molecular formula is C27H32NOP. The molecule has 0 saturated heterocycles. The second-order valence-electron chi connectivity index (χ2n) is 8.56. The molecule has 3 aromatic rings. The van der Waals surface area contributed by atoms with Crippen molar-refractivity contribution >= 4 is 29.7 Å². The molecule has 0 radical (unpaired) electrons. The van der Waals surface area contributed by atoms with Crippen LogP contribution in [0.2, 0.25) is 0 Å². The van der Waals surface area contributed by atoms with Crippen molar-refractivity contribution in [3.8, 4) is 0 Å². The van der Waals surface area contributed by atoms with Crippen LogP contribution in [0, 0.1) is 11.8 Å². The van der Waals surface area contributed by atoms with Gasteiger partial charge in [0.2, 0.25) is 0 Å². The molecule has 156 valence electrons. The van der Waals surface area contributed by atoms with Crippen LogP contribution in [0.1, 0.15) is 43.6 Å². The first-order chi connectivity index (χ1) is 14.5. The molecule has 0 fully saturated rings. The zero-order chi connectivity index (χ0) is 21.5. The van der Waals surface area contributed by atoms with Crippen molar-refractivity contribution in [1.29, 1.82) is 0 Å². The maximum Gasteiger partial charge on any atom is 0.251 e. The van der Waals surface area contributed by atoms with Crippen LogP contribution in [0.25, 0.3) is 0 Å². The van der Waals surface area contributed by atoms with Gasteiger partial charge in [0, 0.05) is 12.1 Å². The lowest BCUT2D eigenvalue weighted by Crippen LogP contribution is -2.33. The lowest BCUT2D eigenvalue weighted by Gasteiger charge is -2.23. The van der Waals surface area contributed by atoms with Gasteiger partial charge in [-0.25, -0.2) is 0 Å². The van der Waals surface area contributed by atoms with Gasteiger partial charge in [-0.1, -0.05) is 100 Å². The van der Waals surface area contributed by atoms with E-state index in [0.717, 1.165) is 17.3 Å². The van der Waals surface area contributed by atoms with Crippen molar-refractivity contribution in [3.05, 3.63) is 90.0 Å². The average Bonchev–Trinajstić information content (AvgIpc) is 2.74. The predicted molar refractivity (Wildman–Crippen MR) is 131 cm³/mol. The highest BCUT2D eigenvalue weighted by atomic mass is 31.1. The molecule has 1 amide bonds. The van der Waals surface area contributed by atoms with E-state index in [-0.39, 0.29) is 5.91 Å². The molecule has 0 atom stereocenters. The molecule has 0 aliphatic carbocycles. The molecule has 3 rings (SSSR count). The van der Waals surface area contributed by atoms with Crippen molar-refractivity contribution in [1.82, 2.24) is 5.32 Å². The third kappa shape index (κ3) is 5.80. The summed E-state index contributed by atoms with van der Waals surface area (Å²) in [6.45, 7) is 9.36. The molecule has 0 saturated carbocycles. The van der Waals surface area contributed by atoms with Crippen LogP contribution in [0.4, 0.5) is 0 Å². The molecule has 3 aromatic carbocycles. The van der Waals surface area contributed by atoms with E-state index in [0.29, 0.717) is 18.4 Å². The number of amides is 1. The summed E-state index contributed by atoms with van der Waals surface area (Å²) in [7, 11) is -0.819. The van der Waals surface area contributed by atoms with Crippen LogP contribution < -0.4 is 21.2 Å². The predicted octanol–water partition coefficient (Wildman–Crippen LogP) is 5.03. The van der Waals surface area contributed by atoms with Gasteiger partial charge in [0.1, 0.15) is 0 Å². The van der Waals surface area contributed by atoms with Crippen LogP contribution in [0.3, 0.4) is 0 Å². The quantitative estimate of drug-likeness (QED) is 0.512. The van der Waals surface area contributed by atoms with E-state index in [9.17, 15) is 4.79 Å². The number of benzene rings is 3. The zero-order valence-electron chi connectivity index (χ0n) is 18.4. The third-order valence-electron chi connectivity index (χ3n) is 4.89. The largest absolute Gasteiger partial charge is 0.352 e. The average molecular weight is 418 g/mol. The summed E-state index contributed by atoms with van der Waals surface area (Å²) in [6.07, 6.45) is 0.972. The van der Waals surface area contributed by atoms with E-state index in [1.807, 2.05) is 12.1 Å². The minimum Gasteiger partial charge on any atom is -0.352 e. The van der Waals surface area contributed by atoms with Crippen LogP contribution in [-0.4, -0.2) is 12.5 Å². The second kappa shape index (κ2) is 10.5. The van der Waals surface area contributed by atoms with Crippen molar-refractivity contribution in [3.63, 3.8) is 0 Å². The van der Waals surface area contributed by atoms with E-state index in [1.165, 1.54) is 16.2 Å². The highest BCUT2D eigenvalue weighted by Gasteiger charge is 2.23. The standard InChI is InChI=1S/C27H32NOP/c1-20(2)17-22-15-16-26(25(18-22)27(29)28-19-21(3)4)30(23-11-7-5-8-12-23)24-13-9-6-10-14-24/h5-16,18,20-21H,17,19H2,1-4H3,(H,28,29). The topological polar surface area (TPSA) is 29.1 Å². The molecule has 30 heavy (non-hydrogen) atoms. The minimum absolute atomic E-state index is 0.0312. The molecule has 0 aliphatic heterocycles. The van der Waals surface area contributed by atoms with Gasteiger partial charge in [-0.15, -0.1) is 0 Å². The fourth-order valence-electron chi connectivity index (χ4n) is 3.53. The lowest BCUT2D eigenvalue weighted by atomic mass is 10.0. The Balaban J connectivity index is 2.13. The maximum atomic E-state index is 13.3. The number of carbonyl (C=O) groups is 1. The number of carbonyl (C=O) groups excluding carboxylic acids is 1. The van der Waals surface area contributed by atoms with Crippen LogP contribution >= 0.6 is 7.92 Å². The minimum atomic E-state index is -0.819. The van der Waals surface area contributed by atoms with Gasteiger partial charge >= 0.3 is 0 Å². The summed E-state index contributed by atoms with van der Waals surface area (Å²) < 4.78 is 0. The monoisotopic (exact) mass is 417 g/mol. The van der Waals surface area contributed by atoms with Gasteiger partial charge in [0.25, 0.3) is 5.91 Å². The number of rotatable bonds is 8. The van der Waals surface area contributed by atoms with E-state index in [4.69, 9.17) is 0 Å². The van der Waals surface area contributed by atoms with Crippen molar-refractivity contribution in [2.45, 2.75) is 34.1 Å². The van der Waals surface area contributed by atoms with Gasteiger partial charge in [-0.05, 0) is 53.7 Å². The number of hydrogen-bond acceptors (Lipinski definition) is 1. The summed E-state index contributed by atoms with van der Waals surface area (Å²) in [5.74, 6) is 0.997. The third-order valence-corrected chi connectivity index (χ3v) is 7.39. The fraction of sp³-hybridized carbons (Fsp3) is 0.296. The molecule has 0 bridgehead atoms. The first-order valence-electron chi connectivity index (χ1n) is 10.8. The normalized spacial score (nSPS) is 11.3. The van der Waals surface area contributed by atoms with Crippen molar-refractivity contribution in [2.75, 3.05) is 6.54 Å². The van der Waals surface area contributed by atoms with Gasteiger partial charge in [-0.2, -0.15) is 0 Å². The summed E-state index contributed by atoms with van der Waals surface area (Å²) in [5, 5.41) is 6.79. The maximum absolute atomic E-state index is 13.3. The number of hydrogen-bond donors (Lipinski definition) is 1. The van der Waals surface area contributed by atoms with Gasteiger partial charge in [-0.3, -0.25) is 4.79 Å². The van der Waals surface area contributed by atoms with Crippen molar-refractivity contribution in [2.24, 2.45) is 11.8 Å². The van der Waals surface area contributed by atoms with Crippen LogP contribution in [0.5, 0.6) is 0 Å². The second-order valence-corrected chi connectivity index (χ2v) is 10.7. The van der Waals surface area contributed by atoms with E-state index < -0.39 is 7.92 Å². The Kier molecular flexibility index (Phi) is 7.82. The van der Waals surface area contributed by atoms with Crippen molar-refractivity contribution < 1.29 is 4.79 Å². The molecule has 3 heteroatoms. The highest BCUT2D eigenvalue weighted by Crippen LogP contribution is 2.34. The molecule has 0 heterocycles. The Labute approximate surface area is 182 Å². The van der Waals surface area contributed by atoms with E-state index >= 15 is 0 Å². The number of nitrogens with one attached hydrogen (secondary N) is 1. The van der Waals surface area contributed by atoms with Gasteiger partial charge < -0.3 is 5.32 Å². The molecule has 0 spiro atoms. The van der Waals surface area contributed by atoms with E-state index in [2.05, 4.69) is 99.7 Å². The first kappa shape index (κ1) is 22.2.